The maximum Gasteiger partial charge on any atom is 0.368 e. The minimum Gasteiger partial charge on any atom is -0.244 e. The molecule has 5 heteroatoms. The second kappa shape index (κ2) is 2.70. The monoisotopic (exact) mass is 137 g/mol. The van der Waals surface area contributed by atoms with Gasteiger partial charge in [0.2, 0.25) is 0 Å². The van der Waals surface area contributed by atoms with E-state index in [-0.39, 0.29) is 0 Å². The van der Waals surface area contributed by atoms with Crippen LogP contribution in [0.25, 0.3) is 0 Å². The van der Waals surface area contributed by atoms with Crippen molar-refractivity contribution in [2.75, 3.05) is 0 Å². The van der Waals surface area contributed by atoms with Gasteiger partial charge in [0.25, 0.3) is 6.08 Å². The van der Waals surface area contributed by atoms with E-state index < -0.39 is 5.69 Å². The largest absolute Gasteiger partial charge is 0.368 e. The first-order valence-electron chi connectivity index (χ1n) is 2.46. The van der Waals surface area contributed by atoms with Gasteiger partial charge in [-0.3, -0.25) is 0 Å². The molecule has 0 aromatic carbocycles. The number of hydrogen-bond acceptors (Lipinski definition) is 4. The number of carbonyl (C=O) groups excluding carboxylic acids is 1. The summed E-state index contributed by atoms with van der Waals surface area (Å²) in [7, 11) is 0. The van der Waals surface area contributed by atoms with Gasteiger partial charge in [0.1, 0.15) is 0 Å². The molecule has 0 fully saturated rings. The lowest BCUT2D eigenvalue weighted by Gasteiger charge is -1.87. The van der Waals surface area contributed by atoms with E-state index in [1.165, 1.54) is 24.5 Å². The zero-order valence-corrected chi connectivity index (χ0v) is 4.89. The van der Waals surface area contributed by atoms with Crippen molar-refractivity contribution < 1.29 is 4.79 Å². The molecule has 0 saturated carbocycles. The van der Waals surface area contributed by atoms with E-state index >= 15 is 0 Å². The average Bonchev–Trinajstić information content (AvgIpc) is 1.94. The van der Waals surface area contributed by atoms with E-state index in [9.17, 15) is 9.59 Å². The Labute approximate surface area is 55.6 Å². The molecule has 0 N–H and O–H groups in total. The number of isocyanates is 1. The zero-order valence-electron chi connectivity index (χ0n) is 4.89. The molecular weight excluding hydrogens is 134 g/mol. The molecule has 0 saturated heterocycles. The Morgan fingerprint density at radius 2 is 2.50 bits per heavy atom. The fourth-order valence-corrected chi connectivity index (χ4v) is 0.470. The Morgan fingerprint density at radius 3 is 3.10 bits per heavy atom. The SMILES string of the molecule is O=C=Nn1cccnc1=O. The van der Waals surface area contributed by atoms with Crippen LogP contribution in [0.1, 0.15) is 0 Å². The van der Waals surface area contributed by atoms with Crippen molar-refractivity contribution in [2.24, 2.45) is 5.10 Å². The molecule has 0 aliphatic heterocycles. The minimum atomic E-state index is -0.592. The lowest BCUT2D eigenvalue weighted by molar-refractivity contribution is 0.558. The maximum absolute atomic E-state index is 10.6. The van der Waals surface area contributed by atoms with Crippen LogP contribution in [-0.2, 0) is 4.79 Å². The van der Waals surface area contributed by atoms with E-state index in [0.29, 0.717) is 0 Å². The van der Waals surface area contributed by atoms with Crippen LogP contribution in [0.3, 0.4) is 0 Å². The van der Waals surface area contributed by atoms with Crippen molar-refractivity contribution in [3.63, 3.8) is 0 Å². The molecule has 0 aliphatic rings. The van der Waals surface area contributed by atoms with Crippen LogP contribution in [0, 0.1) is 0 Å². The Balaban J connectivity index is 3.28. The molecular formula is C5H3N3O2. The Kier molecular flexibility index (Phi) is 1.72. The van der Waals surface area contributed by atoms with Gasteiger partial charge in [-0.25, -0.2) is 9.59 Å². The van der Waals surface area contributed by atoms with Gasteiger partial charge in [-0.1, -0.05) is 5.10 Å². The molecule has 0 unspecified atom stereocenters. The van der Waals surface area contributed by atoms with Crippen molar-refractivity contribution in [3.8, 4) is 0 Å². The second-order valence-electron chi connectivity index (χ2n) is 1.44. The summed E-state index contributed by atoms with van der Waals surface area (Å²) < 4.78 is 0.799. The zero-order chi connectivity index (χ0) is 7.40. The van der Waals surface area contributed by atoms with Crippen LogP contribution in [0.5, 0.6) is 0 Å². The fourth-order valence-electron chi connectivity index (χ4n) is 0.470. The lowest BCUT2D eigenvalue weighted by atomic mass is 10.7. The van der Waals surface area contributed by atoms with E-state index in [4.69, 9.17) is 0 Å². The van der Waals surface area contributed by atoms with E-state index in [1.807, 2.05) is 0 Å². The molecule has 0 bridgehead atoms. The lowest BCUT2D eigenvalue weighted by Crippen LogP contribution is -2.17. The Morgan fingerprint density at radius 1 is 1.70 bits per heavy atom. The average molecular weight is 137 g/mol. The van der Waals surface area contributed by atoms with Crippen molar-refractivity contribution in [1.29, 1.82) is 0 Å². The molecule has 10 heavy (non-hydrogen) atoms. The van der Waals surface area contributed by atoms with Crippen LogP contribution in [0.2, 0.25) is 0 Å². The van der Waals surface area contributed by atoms with Crippen molar-refractivity contribution in [3.05, 3.63) is 28.9 Å². The summed E-state index contributed by atoms with van der Waals surface area (Å²) in [4.78, 5) is 23.6. The molecule has 50 valence electrons. The predicted octanol–water partition coefficient (Wildman–Crippen LogP) is -0.658. The first kappa shape index (κ1) is 6.38. The molecule has 0 spiro atoms. The van der Waals surface area contributed by atoms with Gasteiger partial charge in [0, 0.05) is 12.4 Å². The topological polar surface area (TPSA) is 64.3 Å². The van der Waals surface area contributed by atoms with E-state index in [2.05, 4.69) is 10.1 Å². The molecule has 1 aromatic heterocycles. The van der Waals surface area contributed by atoms with Gasteiger partial charge < -0.3 is 0 Å². The number of nitrogens with zero attached hydrogens (tertiary/aromatic N) is 3. The van der Waals surface area contributed by atoms with Crippen LogP contribution >= 0.6 is 0 Å². The minimum absolute atomic E-state index is 0.592. The maximum atomic E-state index is 10.6. The number of hydrogen-bond donors (Lipinski definition) is 0. The molecule has 0 radical (unpaired) electrons. The quantitative estimate of drug-likeness (QED) is 0.381. The highest BCUT2D eigenvalue weighted by molar-refractivity contribution is 5.32. The van der Waals surface area contributed by atoms with E-state index in [1.54, 1.807) is 0 Å². The summed E-state index contributed by atoms with van der Waals surface area (Å²) >= 11 is 0. The predicted molar refractivity (Wildman–Crippen MR) is 32.0 cm³/mol. The Bertz CT molecular complexity index is 324. The smallest absolute Gasteiger partial charge is 0.244 e. The van der Waals surface area contributed by atoms with Crippen LogP contribution in [0.4, 0.5) is 0 Å². The summed E-state index contributed by atoms with van der Waals surface area (Å²) in [5.41, 5.74) is -0.592. The summed E-state index contributed by atoms with van der Waals surface area (Å²) in [6.45, 7) is 0. The third kappa shape index (κ3) is 1.15. The highest BCUT2D eigenvalue weighted by atomic mass is 16.2. The molecule has 0 amide bonds. The van der Waals surface area contributed by atoms with Gasteiger partial charge in [0.15, 0.2) is 0 Å². The first-order chi connectivity index (χ1) is 4.84. The summed E-state index contributed by atoms with van der Waals surface area (Å²) in [5, 5.41) is 3.04. The van der Waals surface area contributed by atoms with E-state index in [0.717, 1.165) is 4.68 Å². The highest BCUT2D eigenvalue weighted by Gasteiger charge is 1.87. The standard InChI is InChI=1S/C5H3N3O2/c9-4-7-8-3-1-2-6-5(8)10/h1-3H. The van der Waals surface area contributed by atoms with Gasteiger partial charge in [-0.05, 0) is 6.07 Å². The fraction of sp³-hybridized carbons (Fsp3) is 0. The Hall–Kier alpha value is -1.74. The highest BCUT2D eigenvalue weighted by Crippen LogP contribution is 1.73. The summed E-state index contributed by atoms with van der Waals surface area (Å²) in [5.74, 6) is 0. The molecule has 1 heterocycles. The van der Waals surface area contributed by atoms with Gasteiger partial charge in [0.05, 0.1) is 0 Å². The normalized spacial score (nSPS) is 8.40. The molecule has 1 aromatic rings. The summed E-state index contributed by atoms with van der Waals surface area (Å²) in [6.07, 6.45) is 3.86. The molecule has 0 aliphatic carbocycles. The number of rotatable bonds is 1. The van der Waals surface area contributed by atoms with Crippen molar-refractivity contribution in [2.45, 2.75) is 0 Å². The van der Waals surface area contributed by atoms with Crippen molar-refractivity contribution >= 4 is 6.08 Å². The molecule has 1 rings (SSSR count). The molecule has 0 atom stereocenters. The second-order valence-corrected chi connectivity index (χ2v) is 1.44. The van der Waals surface area contributed by atoms with Crippen LogP contribution in [0.15, 0.2) is 28.4 Å². The van der Waals surface area contributed by atoms with Gasteiger partial charge >= 0.3 is 5.69 Å². The first-order valence-corrected chi connectivity index (χ1v) is 2.46. The van der Waals surface area contributed by atoms with Gasteiger partial charge in [-0.15, -0.1) is 0 Å². The number of aromatic nitrogens is 2. The van der Waals surface area contributed by atoms with Gasteiger partial charge in [-0.2, -0.15) is 9.66 Å². The summed E-state index contributed by atoms with van der Waals surface area (Å²) in [6, 6.07) is 1.49. The van der Waals surface area contributed by atoms with Crippen LogP contribution < -0.4 is 5.69 Å². The third-order valence-corrected chi connectivity index (χ3v) is 0.843. The third-order valence-electron chi connectivity index (χ3n) is 0.843. The van der Waals surface area contributed by atoms with Crippen LogP contribution in [-0.4, -0.2) is 15.7 Å². The molecule has 5 nitrogen and oxygen atoms in total. The van der Waals surface area contributed by atoms with Crippen molar-refractivity contribution in [1.82, 2.24) is 9.66 Å².